The number of benzene rings is 1. The Morgan fingerprint density at radius 2 is 1.14 bits per heavy atom. The highest BCUT2D eigenvalue weighted by molar-refractivity contribution is 6.28. The zero-order valence-electron chi connectivity index (χ0n) is 56.4. The van der Waals surface area contributed by atoms with Crippen molar-refractivity contribution >= 4 is 52.9 Å². The maximum atomic E-state index is 14.4. The van der Waals surface area contributed by atoms with Crippen molar-refractivity contribution in [1.82, 2.24) is 44.6 Å². The number of pyridine rings is 2. The summed E-state index contributed by atoms with van der Waals surface area (Å²) in [4.78, 5) is 80.3. The molecule has 23 nitrogen and oxygen atoms in total. The number of hydrogen-bond donors (Lipinski definition) is 1. The predicted molar refractivity (Wildman–Crippen MR) is 349 cm³/mol. The molecule has 6 aliphatic rings. The largest absolute Gasteiger partial charge is 0.461 e. The maximum Gasteiger partial charge on any atom is 0.421 e. The van der Waals surface area contributed by atoms with Gasteiger partial charge in [0.25, 0.3) is 0 Å². The molecule has 1 N–H and O–H groups in total. The minimum absolute atomic E-state index is 0.0140. The first kappa shape index (κ1) is 76.2. The molecule has 4 aromatic heterocycles. The number of anilines is 4. The molecule has 6 atom stereocenters. The Morgan fingerprint density at radius 1 is 0.614 bits per heavy atom. The second-order valence-electron chi connectivity index (χ2n) is 27.1. The van der Waals surface area contributed by atoms with Crippen LogP contribution in [0.4, 0.5) is 81.3 Å². The number of carbonyl (C=O) groups excluding carboxylic acids is 3. The van der Waals surface area contributed by atoms with Gasteiger partial charge in [0.05, 0.1) is 92.4 Å². The number of piperidine rings is 1. The van der Waals surface area contributed by atoms with Gasteiger partial charge in [-0.25, -0.2) is 55.1 Å². The summed E-state index contributed by atoms with van der Waals surface area (Å²) < 4.78 is 161. The third kappa shape index (κ3) is 19.6. The summed E-state index contributed by atoms with van der Waals surface area (Å²) >= 11 is 6.25. The van der Waals surface area contributed by atoms with Crippen molar-refractivity contribution in [3.63, 3.8) is 0 Å². The summed E-state index contributed by atoms with van der Waals surface area (Å²) in [7, 11) is 0. The number of halogens is 11. The van der Waals surface area contributed by atoms with Crippen molar-refractivity contribution in [2.45, 2.75) is 154 Å². The number of nitrogens with zero attached hydrogens (tertiary/aromatic N) is 15. The smallest absolute Gasteiger partial charge is 0.421 e. The Kier molecular flexibility index (Phi) is 24.4. The van der Waals surface area contributed by atoms with Crippen LogP contribution in [0, 0.1) is 30.7 Å². The van der Waals surface area contributed by atoms with Gasteiger partial charge in [-0.1, -0.05) is 30.3 Å². The number of amides is 3. The maximum absolute atomic E-state index is 14.4. The van der Waals surface area contributed by atoms with Crippen LogP contribution in [0.5, 0.6) is 6.01 Å². The molecule has 0 unspecified atom stereocenters. The molecule has 34 heteroatoms. The van der Waals surface area contributed by atoms with E-state index in [1.54, 1.807) is 41.5 Å². The van der Waals surface area contributed by atoms with E-state index in [0.717, 1.165) is 36.4 Å². The molecule has 3 amide bonds. The number of piperazine rings is 1. The van der Waals surface area contributed by atoms with Gasteiger partial charge in [0.15, 0.2) is 11.6 Å². The molecule has 0 saturated carbocycles. The van der Waals surface area contributed by atoms with Gasteiger partial charge in [-0.05, 0) is 84.4 Å². The Bertz CT molecular complexity index is 3820. The monoisotopic (exact) mass is 1450 g/mol. The van der Waals surface area contributed by atoms with E-state index in [4.69, 9.17) is 53.8 Å². The van der Waals surface area contributed by atoms with Crippen molar-refractivity contribution in [1.29, 1.82) is 0 Å². The predicted octanol–water partition coefficient (Wildman–Crippen LogP) is 11.8. The van der Waals surface area contributed by atoms with E-state index < -0.39 is 95.1 Å². The van der Waals surface area contributed by atoms with Crippen LogP contribution in [0.25, 0.3) is 9.69 Å². The third-order valence-electron chi connectivity index (χ3n) is 17.3. The fourth-order valence-corrected chi connectivity index (χ4v) is 13.0. The summed E-state index contributed by atoms with van der Waals surface area (Å²) in [5.74, 6) is -1.72. The summed E-state index contributed by atoms with van der Waals surface area (Å²) in [5.41, 5.74) is -1.81. The van der Waals surface area contributed by atoms with Crippen molar-refractivity contribution in [2.24, 2.45) is 5.92 Å². The van der Waals surface area contributed by atoms with E-state index in [1.807, 2.05) is 40.1 Å². The minimum Gasteiger partial charge on any atom is -0.461 e. The Balaban J connectivity index is 0.000000196. The average molecular weight is 1450 g/mol. The number of rotatable bonds is 12. The molecule has 0 spiro atoms. The molecular formula is C67H78ClF10N15O8. The SMILES string of the molecule is CC(C)(C)OC(=O)N1C[C@H](F)C[C@H]1CO.[C-]#[N+]C[C@@H]1CCCN(c2nc(OC[C@@H]3C[C@@H](F)CN3C(=O)OC(C)(C)C)nc3c2CCN(c2cncc(F)c2C(F)(F)F)C3)C1.[C-]#[N+]C[C@H]1CN(c2nc(Cl)nc3c2CCN(c2cncc(F)c2C(F)(F)F)C3)CCN1C(=O)OCc1ccccc1. The zero-order valence-corrected chi connectivity index (χ0v) is 57.1. The number of aromatic nitrogens is 6. The Hall–Kier alpha value is -8.98. The molecule has 0 aliphatic carbocycles. The van der Waals surface area contributed by atoms with Crippen LogP contribution >= 0.6 is 11.6 Å². The number of carbonyl (C=O) groups is 3. The van der Waals surface area contributed by atoms with Gasteiger partial charge in [0.1, 0.15) is 65.6 Å². The van der Waals surface area contributed by atoms with E-state index in [2.05, 4.69) is 34.6 Å². The molecule has 5 aromatic rings. The lowest BCUT2D eigenvalue weighted by molar-refractivity contribution is -0.140. The van der Waals surface area contributed by atoms with Crippen LogP contribution in [0.3, 0.4) is 0 Å². The third-order valence-corrected chi connectivity index (χ3v) is 17.5. The number of ether oxygens (including phenoxy) is 4. The van der Waals surface area contributed by atoms with Crippen molar-refractivity contribution in [3.8, 4) is 6.01 Å². The fourth-order valence-electron chi connectivity index (χ4n) is 12.9. The molecule has 11 rings (SSSR count). The van der Waals surface area contributed by atoms with Crippen LogP contribution in [0.2, 0.25) is 5.28 Å². The van der Waals surface area contributed by atoms with E-state index in [0.29, 0.717) is 67.2 Å². The standard InChI is InChI=1S/C30H36F5N7O3.C27H24ClF4N7O2.C10H18FNO3/c1-29(2,3)45-28(43)42-15-19(31)10-20(42)17-44-27-38-23-16-40(24-13-37-12-22(32)25(24)30(33,34)35)9-7-21(23)26(39-27)41-8-5-6-18(14-41)11-36-4;1-33-11-18-14-38(9-10-39(18)26(40)41-16-17-5-3-2-4-6-17)24-19-7-8-37(15-21(19)35-25(28)36-24)22-13-34-12-20(29)23(22)27(30,31)32;1-10(2,3)15-9(14)12-5-7(11)4-8(12)6-13/h12-13,18-20H,5-11,14-17H2,1-3H3;2-6,12-13,18H,7-11,14-16H2;7-8,13H,4-6H2,1-3H3/t18-,19+,20-;18-;7-,8+/m001/s1. The lowest BCUT2D eigenvalue weighted by Gasteiger charge is -2.40. The van der Waals surface area contributed by atoms with E-state index in [-0.39, 0.29) is 133 Å². The number of fused-ring (bicyclic) bond motifs is 2. The van der Waals surface area contributed by atoms with Gasteiger partial charge in [0, 0.05) is 75.7 Å². The number of hydrogen-bond acceptors (Lipinski definition) is 18. The quantitative estimate of drug-likeness (QED) is 0.0531. The average Bonchev–Trinajstić information content (AvgIpc) is 1.39. The Morgan fingerprint density at radius 3 is 1.67 bits per heavy atom. The van der Waals surface area contributed by atoms with E-state index in [9.17, 15) is 58.3 Å². The highest BCUT2D eigenvalue weighted by atomic mass is 35.5. The van der Waals surface area contributed by atoms with Crippen LogP contribution < -0.4 is 24.3 Å². The number of aliphatic hydroxyl groups excluding tert-OH is 1. The van der Waals surface area contributed by atoms with Crippen molar-refractivity contribution in [3.05, 3.63) is 134 Å². The molecule has 6 aliphatic heterocycles. The molecule has 0 radical (unpaired) electrons. The lowest BCUT2D eigenvalue weighted by Crippen LogP contribution is -2.57. The number of aliphatic hydroxyl groups is 1. The fraction of sp³-hybridized carbons (Fsp3) is 0.567. The first-order valence-corrected chi connectivity index (χ1v) is 33.1. The highest BCUT2D eigenvalue weighted by Crippen LogP contribution is 2.43. The van der Waals surface area contributed by atoms with Crippen molar-refractivity contribution < 1.29 is 82.3 Å². The topological polar surface area (TPSA) is 217 Å². The van der Waals surface area contributed by atoms with Crippen LogP contribution in [0.1, 0.15) is 106 Å². The van der Waals surface area contributed by atoms with Crippen LogP contribution in [0.15, 0.2) is 55.1 Å². The molecule has 0 bridgehead atoms. The zero-order chi connectivity index (χ0) is 73.3. The summed E-state index contributed by atoms with van der Waals surface area (Å²) in [6, 6.07) is 7.60. The van der Waals surface area contributed by atoms with E-state index in [1.165, 1.54) is 24.5 Å². The van der Waals surface area contributed by atoms with Gasteiger partial charge in [-0.3, -0.25) is 24.7 Å². The van der Waals surface area contributed by atoms with Gasteiger partial charge >= 0.3 is 36.6 Å². The highest BCUT2D eigenvalue weighted by Gasteiger charge is 2.44. The lowest BCUT2D eigenvalue weighted by atomic mass is 9.96. The van der Waals surface area contributed by atoms with Gasteiger partial charge in [-0.2, -0.15) is 36.3 Å². The van der Waals surface area contributed by atoms with Crippen LogP contribution in [-0.2, 0) is 59.1 Å². The van der Waals surface area contributed by atoms with Crippen LogP contribution in [-0.4, -0.2) is 195 Å². The normalized spacial score (nSPS) is 20.9. The first-order chi connectivity index (χ1) is 47.7. The van der Waals surface area contributed by atoms with E-state index >= 15 is 0 Å². The number of likely N-dealkylation sites (tertiary alicyclic amines) is 2. The summed E-state index contributed by atoms with van der Waals surface area (Å²) in [6.45, 7) is 27.4. The molecular weight excluding hydrogens is 1370 g/mol. The molecule has 4 fully saturated rings. The second kappa shape index (κ2) is 32.3. The molecule has 101 heavy (non-hydrogen) atoms. The molecule has 10 heterocycles. The summed E-state index contributed by atoms with van der Waals surface area (Å²) in [6.07, 6.45) is -8.36. The number of alkyl halides is 8. The molecule has 546 valence electrons. The van der Waals surface area contributed by atoms with Crippen molar-refractivity contribution in [2.75, 3.05) is 105 Å². The Labute approximate surface area is 582 Å². The van der Waals surface area contributed by atoms with Gasteiger partial charge in [0.2, 0.25) is 18.4 Å². The first-order valence-electron chi connectivity index (χ1n) is 32.7. The second-order valence-corrected chi connectivity index (χ2v) is 27.4. The molecule has 1 aromatic carbocycles. The summed E-state index contributed by atoms with van der Waals surface area (Å²) in [5, 5.41) is 8.89. The van der Waals surface area contributed by atoms with Gasteiger partial charge < -0.3 is 53.3 Å². The minimum atomic E-state index is -4.94. The molecule has 4 saturated heterocycles. The van der Waals surface area contributed by atoms with Gasteiger partial charge in [-0.15, -0.1) is 0 Å².